The Balaban J connectivity index is 2.15. The van der Waals surface area contributed by atoms with Crippen LogP contribution < -0.4 is 10.6 Å². The van der Waals surface area contributed by atoms with Crippen molar-refractivity contribution in [1.29, 1.82) is 0 Å². The number of anilines is 2. The molecule has 1 aromatic heterocycles. The minimum atomic E-state index is -4.63. The number of nitrogens with zero attached hydrogens (tertiary/aromatic N) is 3. The number of hydrogen-bond donors (Lipinski definition) is 2. The molecule has 11 heteroatoms. The Morgan fingerprint density at radius 2 is 1.77 bits per heavy atom. The van der Waals surface area contributed by atoms with Gasteiger partial charge in [-0.25, -0.2) is 4.79 Å². The van der Waals surface area contributed by atoms with Crippen molar-refractivity contribution in [2.45, 2.75) is 26.9 Å². The highest BCUT2D eigenvalue weighted by atomic mass is 19.4. The fraction of sp³-hybridized carbons (Fsp3) is 0.450. The van der Waals surface area contributed by atoms with E-state index in [-0.39, 0.29) is 24.6 Å². The first-order valence-corrected chi connectivity index (χ1v) is 9.81. The lowest BCUT2D eigenvalue weighted by Gasteiger charge is -2.26. The summed E-state index contributed by atoms with van der Waals surface area (Å²) in [7, 11) is 0. The number of hydrogen-bond acceptors (Lipinski definition) is 5. The van der Waals surface area contributed by atoms with Crippen molar-refractivity contribution in [3.8, 4) is 0 Å². The largest absolute Gasteiger partial charge is 0.418 e. The molecule has 3 amide bonds. The monoisotopic (exact) mass is 441 g/mol. The van der Waals surface area contributed by atoms with E-state index in [0.717, 1.165) is 24.1 Å². The van der Waals surface area contributed by atoms with Crippen molar-refractivity contribution in [1.82, 2.24) is 15.0 Å². The highest BCUT2D eigenvalue weighted by Crippen LogP contribution is 2.34. The molecule has 0 saturated heterocycles. The molecule has 1 heterocycles. The van der Waals surface area contributed by atoms with Crippen LogP contribution in [0.5, 0.6) is 0 Å². The smallest absolute Gasteiger partial charge is 0.360 e. The van der Waals surface area contributed by atoms with Gasteiger partial charge in [-0.05, 0) is 32.1 Å². The number of para-hydroxylation sites is 1. The summed E-state index contributed by atoms with van der Waals surface area (Å²) in [5, 5.41) is 8.44. The number of alkyl halides is 3. The van der Waals surface area contributed by atoms with Crippen LogP contribution in [-0.2, 0) is 11.0 Å². The van der Waals surface area contributed by atoms with E-state index >= 15 is 0 Å². The van der Waals surface area contributed by atoms with Gasteiger partial charge in [0.15, 0.2) is 5.82 Å². The number of halogens is 3. The van der Waals surface area contributed by atoms with Gasteiger partial charge in [-0.2, -0.15) is 13.2 Å². The molecule has 0 atom stereocenters. The van der Waals surface area contributed by atoms with Gasteiger partial charge >= 0.3 is 12.2 Å². The number of benzene rings is 1. The average Bonchev–Trinajstić information content (AvgIpc) is 3.11. The lowest BCUT2D eigenvalue weighted by Crippen LogP contribution is -2.44. The minimum absolute atomic E-state index is 0.146. The molecule has 1 aromatic carbocycles. The summed E-state index contributed by atoms with van der Waals surface area (Å²) in [5.41, 5.74) is -1.34. The zero-order chi connectivity index (χ0) is 23.0. The molecule has 31 heavy (non-hydrogen) atoms. The summed E-state index contributed by atoms with van der Waals surface area (Å²) >= 11 is 0. The van der Waals surface area contributed by atoms with Crippen LogP contribution in [0.2, 0.25) is 0 Å². The van der Waals surface area contributed by atoms with E-state index < -0.39 is 23.7 Å². The summed E-state index contributed by atoms with van der Waals surface area (Å²) in [6, 6.07) is 5.39. The first kappa shape index (κ1) is 24.2. The van der Waals surface area contributed by atoms with Crippen LogP contribution in [-0.4, -0.2) is 59.6 Å². The first-order chi connectivity index (χ1) is 14.6. The molecule has 0 aliphatic rings. The number of carbonyl (C=O) groups is 2. The normalized spacial score (nSPS) is 11.5. The van der Waals surface area contributed by atoms with Gasteiger partial charge in [0.2, 0.25) is 5.91 Å². The maximum atomic E-state index is 13.2. The third-order valence-electron chi connectivity index (χ3n) is 4.57. The van der Waals surface area contributed by atoms with Crippen LogP contribution in [0.4, 0.5) is 29.5 Å². The highest BCUT2D eigenvalue weighted by molar-refractivity contribution is 5.96. The minimum Gasteiger partial charge on any atom is -0.360 e. The number of urea groups is 1. The maximum absolute atomic E-state index is 13.2. The van der Waals surface area contributed by atoms with Crippen molar-refractivity contribution in [3.63, 3.8) is 0 Å². The molecule has 170 valence electrons. The fourth-order valence-corrected chi connectivity index (χ4v) is 2.87. The second-order valence-corrected chi connectivity index (χ2v) is 6.79. The second-order valence-electron chi connectivity index (χ2n) is 6.79. The van der Waals surface area contributed by atoms with E-state index in [1.807, 2.05) is 18.7 Å². The molecule has 0 radical (unpaired) electrons. The topological polar surface area (TPSA) is 90.7 Å². The molecule has 0 unspecified atom stereocenters. The summed E-state index contributed by atoms with van der Waals surface area (Å²) in [6.45, 7) is 7.25. The van der Waals surface area contributed by atoms with Gasteiger partial charge in [-0.15, -0.1) is 0 Å². The van der Waals surface area contributed by atoms with Crippen LogP contribution in [0.1, 0.15) is 25.2 Å². The number of nitrogens with one attached hydrogen (secondary N) is 2. The Morgan fingerprint density at radius 3 is 2.35 bits per heavy atom. The Hall–Kier alpha value is -3.08. The van der Waals surface area contributed by atoms with E-state index in [1.54, 1.807) is 6.92 Å². The van der Waals surface area contributed by atoms with Gasteiger partial charge in [0.25, 0.3) is 0 Å². The van der Waals surface area contributed by atoms with E-state index in [1.165, 1.54) is 24.3 Å². The maximum Gasteiger partial charge on any atom is 0.418 e. The molecule has 2 N–H and O–H groups in total. The van der Waals surface area contributed by atoms with Crippen molar-refractivity contribution < 1.29 is 27.3 Å². The third kappa shape index (κ3) is 7.28. The molecule has 8 nitrogen and oxygen atoms in total. The average molecular weight is 441 g/mol. The van der Waals surface area contributed by atoms with Gasteiger partial charge in [0, 0.05) is 19.2 Å². The van der Waals surface area contributed by atoms with E-state index in [4.69, 9.17) is 4.52 Å². The molecule has 0 spiro atoms. The summed E-state index contributed by atoms with van der Waals surface area (Å²) in [4.78, 5) is 28.4. The van der Waals surface area contributed by atoms with Crippen LogP contribution in [0.25, 0.3) is 0 Å². The standard InChI is InChI=1S/C20H26F3N5O3/c1-4-27(5-2)10-11-28(13-18(29)25-17-12-14(3)31-26-17)19(30)24-16-9-7-6-8-15(16)20(21,22)23/h6-9,12H,4-5,10-11,13H2,1-3H3,(H,24,30)(H,25,26,29). The van der Waals surface area contributed by atoms with Gasteiger partial charge < -0.3 is 25.0 Å². The summed E-state index contributed by atoms with van der Waals surface area (Å²) in [5.74, 6) is 0.135. The molecule has 2 rings (SSSR count). The van der Waals surface area contributed by atoms with Crippen molar-refractivity contribution in [3.05, 3.63) is 41.7 Å². The van der Waals surface area contributed by atoms with Crippen molar-refractivity contribution >= 4 is 23.4 Å². The molecular weight excluding hydrogens is 415 g/mol. The fourth-order valence-electron chi connectivity index (χ4n) is 2.87. The van der Waals surface area contributed by atoms with Crippen LogP contribution in [0, 0.1) is 6.92 Å². The Morgan fingerprint density at radius 1 is 1.10 bits per heavy atom. The first-order valence-electron chi connectivity index (χ1n) is 9.81. The Kier molecular flexibility index (Phi) is 8.43. The van der Waals surface area contributed by atoms with Gasteiger partial charge in [-0.3, -0.25) is 4.79 Å². The molecule has 0 aliphatic heterocycles. The number of aryl methyl sites for hydroxylation is 1. The summed E-state index contributed by atoms with van der Waals surface area (Å²) in [6.07, 6.45) is -4.63. The van der Waals surface area contributed by atoms with Gasteiger partial charge in [-0.1, -0.05) is 31.1 Å². The number of aromatic nitrogens is 1. The number of rotatable bonds is 9. The molecular formula is C20H26F3N5O3. The Bertz CT molecular complexity index is 881. The molecule has 0 fully saturated rings. The lowest BCUT2D eigenvalue weighted by atomic mass is 10.1. The highest BCUT2D eigenvalue weighted by Gasteiger charge is 2.34. The molecule has 0 bridgehead atoms. The third-order valence-corrected chi connectivity index (χ3v) is 4.57. The quantitative estimate of drug-likeness (QED) is 0.618. The molecule has 0 aliphatic carbocycles. The second kappa shape index (κ2) is 10.8. The van der Waals surface area contributed by atoms with Crippen LogP contribution in [0.3, 0.4) is 0 Å². The number of likely N-dealkylation sites (N-methyl/N-ethyl adjacent to an activating group) is 1. The van der Waals surface area contributed by atoms with Crippen molar-refractivity contribution in [2.75, 3.05) is 43.4 Å². The zero-order valence-electron chi connectivity index (χ0n) is 17.6. The van der Waals surface area contributed by atoms with Crippen LogP contribution in [0.15, 0.2) is 34.9 Å². The van der Waals surface area contributed by atoms with E-state index in [0.29, 0.717) is 12.3 Å². The van der Waals surface area contributed by atoms with Crippen molar-refractivity contribution in [2.24, 2.45) is 0 Å². The van der Waals surface area contributed by atoms with E-state index in [2.05, 4.69) is 15.8 Å². The number of carbonyl (C=O) groups excluding carboxylic acids is 2. The van der Waals surface area contributed by atoms with E-state index in [9.17, 15) is 22.8 Å². The zero-order valence-corrected chi connectivity index (χ0v) is 17.6. The summed E-state index contributed by atoms with van der Waals surface area (Å²) < 4.78 is 44.6. The lowest BCUT2D eigenvalue weighted by molar-refractivity contribution is -0.137. The SMILES string of the molecule is CCN(CC)CCN(CC(=O)Nc1cc(C)on1)C(=O)Nc1ccccc1C(F)(F)F. The predicted molar refractivity (Wildman–Crippen MR) is 110 cm³/mol. The Labute approximate surface area is 178 Å². The molecule has 2 aromatic rings. The molecule has 0 saturated carbocycles. The number of amides is 3. The van der Waals surface area contributed by atoms with Gasteiger partial charge in [0.1, 0.15) is 12.3 Å². The van der Waals surface area contributed by atoms with Gasteiger partial charge in [0.05, 0.1) is 11.3 Å². The predicted octanol–water partition coefficient (Wildman–Crippen LogP) is 3.82. The van der Waals surface area contributed by atoms with Crippen LogP contribution >= 0.6 is 0 Å².